The number of aliphatic hydroxyl groups excluding tert-OH is 1. The molecule has 3 N–H and O–H groups in total. The highest BCUT2D eigenvalue weighted by Gasteiger charge is 2.19. The highest BCUT2D eigenvalue weighted by atomic mass is 16.5. The lowest BCUT2D eigenvalue weighted by molar-refractivity contribution is -0.144. The number of methoxy groups -OCH3 is 1. The summed E-state index contributed by atoms with van der Waals surface area (Å²) in [7, 11) is 1.27. The fourth-order valence-electron chi connectivity index (χ4n) is 1.12. The van der Waals surface area contributed by atoms with Crippen LogP contribution in [0.3, 0.4) is 0 Å². The van der Waals surface area contributed by atoms with E-state index >= 15 is 0 Å². The first kappa shape index (κ1) is 14.9. The summed E-state index contributed by atoms with van der Waals surface area (Å²) in [5, 5.41) is 14.3. The Morgan fingerprint density at radius 1 is 1.38 bits per heavy atom. The Balaban J connectivity index is 4.01. The molecule has 6 heteroatoms. The maximum atomic E-state index is 11.3. The first-order valence-electron chi connectivity index (χ1n) is 5.17. The van der Waals surface area contributed by atoms with Crippen molar-refractivity contribution in [3.8, 4) is 0 Å². The molecule has 0 aromatic rings. The molecule has 1 amide bonds. The van der Waals surface area contributed by atoms with Crippen molar-refractivity contribution in [3.63, 3.8) is 0 Å². The van der Waals surface area contributed by atoms with Crippen molar-refractivity contribution in [2.45, 2.75) is 19.9 Å². The zero-order valence-corrected chi connectivity index (χ0v) is 9.95. The fourth-order valence-corrected chi connectivity index (χ4v) is 1.12. The Morgan fingerprint density at radius 3 is 2.44 bits per heavy atom. The molecule has 0 saturated heterocycles. The van der Waals surface area contributed by atoms with Crippen LogP contribution in [0.1, 0.15) is 13.8 Å². The second-order valence-electron chi connectivity index (χ2n) is 3.72. The molecule has 0 radical (unpaired) electrons. The maximum absolute atomic E-state index is 11.3. The molecule has 0 fully saturated rings. The first-order chi connectivity index (χ1) is 7.51. The van der Waals surface area contributed by atoms with Gasteiger partial charge in [-0.05, 0) is 12.5 Å². The van der Waals surface area contributed by atoms with Crippen molar-refractivity contribution in [1.29, 1.82) is 0 Å². The predicted molar refractivity (Wildman–Crippen MR) is 58.7 cm³/mol. The molecule has 0 aromatic carbocycles. The highest BCUT2D eigenvalue weighted by molar-refractivity contribution is 5.83. The van der Waals surface area contributed by atoms with Crippen LogP contribution >= 0.6 is 0 Å². The van der Waals surface area contributed by atoms with Crippen LogP contribution in [0.25, 0.3) is 0 Å². The van der Waals surface area contributed by atoms with Gasteiger partial charge in [0.25, 0.3) is 0 Å². The average molecular weight is 232 g/mol. The van der Waals surface area contributed by atoms with Gasteiger partial charge in [0.05, 0.1) is 7.11 Å². The lowest BCUT2D eigenvalue weighted by atomic mass is 10.2. The second kappa shape index (κ2) is 8.06. The Kier molecular flexibility index (Phi) is 7.49. The normalized spacial score (nSPS) is 14.0. The van der Waals surface area contributed by atoms with Gasteiger partial charge in [-0.3, -0.25) is 4.79 Å². The number of hydrogen-bond donors (Lipinski definition) is 3. The quantitative estimate of drug-likeness (QED) is 0.484. The fraction of sp³-hybridized carbons (Fsp3) is 0.800. The van der Waals surface area contributed by atoms with Gasteiger partial charge >= 0.3 is 5.97 Å². The third-order valence-corrected chi connectivity index (χ3v) is 2.02. The van der Waals surface area contributed by atoms with Crippen LogP contribution in [-0.4, -0.2) is 49.8 Å². The van der Waals surface area contributed by atoms with Crippen LogP contribution in [-0.2, 0) is 14.3 Å². The molecule has 0 bridgehead atoms. The van der Waals surface area contributed by atoms with Crippen LogP contribution in [0.2, 0.25) is 0 Å². The van der Waals surface area contributed by atoms with Gasteiger partial charge in [0.1, 0.15) is 6.04 Å². The van der Waals surface area contributed by atoms with Gasteiger partial charge in [-0.15, -0.1) is 0 Å². The van der Waals surface area contributed by atoms with Crippen LogP contribution in [0.15, 0.2) is 0 Å². The Labute approximate surface area is 95.4 Å². The molecule has 0 aliphatic rings. The monoisotopic (exact) mass is 232 g/mol. The van der Waals surface area contributed by atoms with Crippen LogP contribution in [0.4, 0.5) is 0 Å². The summed E-state index contributed by atoms with van der Waals surface area (Å²) in [6, 6.07) is -0.687. The summed E-state index contributed by atoms with van der Waals surface area (Å²) in [6.45, 7) is 4.15. The first-order valence-corrected chi connectivity index (χ1v) is 5.17. The van der Waals surface area contributed by atoms with E-state index in [0.717, 1.165) is 0 Å². The molecule has 2 unspecified atom stereocenters. The molecule has 0 aliphatic carbocycles. The molecule has 0 saturated carbocycles. The second-order valence-corrected chi connectivity index (χ2v) is 3.72. The zero-order chi connectivity index (χ0) is 12.6. The van der Waals surface area contributed by atoms with Gasteiger partial charge in [-0.2, -0.15) is 0 Å². The number of carbonyl (C=O) groups excluding carboxylic acids is 2. The molecule has 94 valence electrons. The van der Waals surface area contributed by atoms with Gasteiger partial charge in [0.15, 0.2) is 0 Å². The lowest BCUT2D eigenvalue weighted by Gasteiger charge is -2.17. The summed E-state index contributed by atoms with van der Waals surface area (Å²) in [5.41, 5.74) is 0. The van der Waals surface area contributed by atoms with E-state index in [-0.39, 0.29) is 25.0 Å². The summed E-state index contributed by atoms with van der Waals surface area (Å²) in [6.07, 6.45) is 0. The highest BCUT2D eigenvalue weighted by Crippen LogP contribution is 1.91. The number of nitrogens with one attached hydrogen (secondary N) is 2. The minimum absolute atomic E-state index is 0.0794. The zero-order valence-electron chi connectivity index (χ0n) is 9.95. The minimum atomic E-state index is -0.687. The molecular formula is C10H20N2O4. The van der Waals surface area contributed by atoms with E-state index in [9.17, 15) is 9.59 Å². The number of rotatable bonds is 7. The van der Waals surface area contributed by atoms with Crippen molar-refractivity contribution >= 4 is 11.9 Å². The van der Waals surface area contributed by atoms with Gasteiger partial charge < -0.3 is 20.5 Å². The molecular weight excluding hydrogens is 212 g/mol. The number of hydrogen-bond acceptors (Lipinski definition) is 5. The molecule has 0 aliphatic heterocycles. The van der Waals surface area contributed by atoms with Gasteiger partial charge in [-0.1, -0.05) is 6.92 Å². The summed E-state index contributed by atoms with van der Waals surface area (Å²) in [5.74, 6) is -0.664. The van der Waals surface area contributed by atoms with E-state index in [4.69, 9.17) is 5.11 Å². The molecule has 0 heterocycles. The summed E-state index contributed by atoms with van der Waals surface area (Å²) in [4.78, 5) is 22.1. The van der Waals surface area contributed by atoms with Crippen molar-refractivity contribution in [2.24, 2.45) is 5.92 Å². The molecule has 6 nitrogen and oxygen atoms in total. The lowest BCUT2D eigenvalue weighted by Crippen LogP contribution is -2.47. The number of ether oxygens (including phenoxy) is 1. The SMILES string of the molecule is COC(=O)C(CNCC(C)CO)NC(C)=O. The van der Waals surface area contributed by atoms with Crippen molar-refractivity contribution in [2.75, 3.05) is 26.8 Å². The third-order valence-electron chi connectivity index (χ3n) is 2.02. The van der Waals surface area contributed by atoms with E-state index in [2.05, 4.69) is 15.4 Å². The van der Waals surface area contributed by atoms with Crippen LogP contribution < -0.4 is 10.6 Å². The van der Waals surface area contributed by atoms with E-state index in [0.29, 0.717) is 6.54 Å². The number of esters is 1. The molecule has 0 spiro atoms. The van der Waals surface area contributed by atoms with Crippen LogP contribution in [0, 0.1) is 5.92 Å². The maximum Gasteiger partial charge on any atom is 0.329 e. The van der Waals surface area contributed by atoms with E-state index in [1.165, 1.54) is 14.0 Å². The van der Waals surface area contributed by atoms with Gasteiger partial charge in [0, 0.05) is 20.1 Å². The van der Waals surface area contributed by atoms with Crippen LogP contribution in [0.5, 0.6) is 0 Å². The minimum Gasteiger partial charge on any atom is -0.467 e. The Hall–Kier alpha value is -1.14. The van der Waals surface area contributed by atoms with E-state index in [1.807, 2.05) is 6.92 Å². The third kappa shape index (κ3) is 6.36. The average Bonchev–Trinajstić information content (AvgIpc) is 2.25. The van der Waals surface area contributed by atoms with Crippen molar-refractivity contribution < 1.29 is 19.4 Å². The Morgan fingerprint density at radius 2 is 2.00 bits per heavy atom. The topological polar surface area (TPSA) is 87.7 Å². The van der Waals surface area contributed by atoms with Crippen molar-refractivity contribution in [1.82, 2.24) is 10.6 Å². The van der Waals surface area contributed by atoms with E-state index < -0.39 is 12.0 Å². The summed E-state index contributed by atoms with van der Waals surface area (Å²) >= 11 is 0. The molecule has 0 rings (SSSR count). The molecule has 16 heavy (non-hydrogen) atoms. The molecule has 0 aromatic heterocycles. The predicted octanol–water partition coefficient (Wildman–Crippen LogP) is -1.12. The molecule has 2 atom stereocenters. The number of carbonyl (C=O) groups is 2. The van der Waals surface area contributed by atoms with E-state index in [1.54, 1.807) is 0 Å². The van der Waals surface area contributed by atoms with Gasteiger partial charge in [0.2, 0.25) is 5.91 Å². The Bertz CT molecular complexity index is 233. The largest absolute Gasteiger partial charge is 0.467 e. The standard InChI is InChI=1S/C10H20N2O4/c1-7(6-13)4-11-5-9(10(15)16-3)12-8(2)14/h7,9,11,13H,4-6H2,1-3H3,(H,12,14). The summed E-state index contributed by atoms with van der Waals surface area (Å²) < 4.78 is 4.55. The van der Waals surface area contributed by atoms with Crippen molar-refractivity contribution in [3.05, 3.63) is 0 Å². The number of amides is 1. The smallest absolute Gasteiger partial charge is 0.329 e. The van der Waals surface area contributed by atoms with Gasteiger partial charge in [-0.25, -0.2) is 4.79 Å². The number of aliphatic hydroxyl groups is 1.